The van der Waals surface area contributed by atoms with Gasteiger partial charge in [-0.15, -0.1) is 0 Å². The molecule has 7 heteroatoms. The van der Waals surface area contributed by atoms with E-state index < -0.39 is 4.92 Å². The van der Waals surface area contributed by atoms with Gasteiger partial charge in [0.2, 0.25) is 0 Å². The van der Waals surface area contributed by atoms with Gasteiger partial charge in [0.05, 0.1) is 4.92 Å². The van der Waals surface area contributed by atoms with E-state index in [-0.39, 0.29) is 17.6 Å². The van der Waals surface area contributed by atoms with Crippen molar-refractivity contribution in [1.82, 2.24) is 10.6 Å². The number of nitrogens with zero attached hydrogens (tertiary/aromatic N) is 1. The largest absolute Gasteiger partial charge is 0.349 e. The fraction of sp³-hybridized carbons (Fsp3) is 0.500. The van der Waals surface area contributed by atoms with E-state index in [4.69, 9.17) is 0 Å². The van der Waals surface area contributed by atoms with Gasteiger partial charge in [0.25, 0.3) is 11.6 Å². The molecule has 0 aliphatic carbocycles. The van der Waals surface area contributed by atoms with Crippen molar-refractivity contribution in [1.29, 1.82) is 0 Å². The number of carbonyl (C=O) groups excluding carboxylic acids is 1. The first-order chi connectivity index (χ1) is 10.0. The number of halogens is 1. The molecule has 1 aromatic rings. The number of nitrogens with one attached hydrogen (secondary N) is 2. The molecular formula is C14H16BrN3O3. The number of non-ortho nitro benzene ring substituents is 1. The fourth-order valence-electron chi connectivity index (χ4n) is 3.25. The van der Waals surface area contributed by atoms with Gasteiger partial charge in [-0.1, -0.05) is 15.9 Å². The highest BCUT2D eigenvalue weighted by molar-refractivity contribution is 9.10. The van der Waals surface area contributed by atoms with Crippen molar-refractivity contribution in [2.24, 2.45) is 0 Å². The van der Waals surface area contributed by atoms with Gasteiger partial charge < -0.3 is 10.6 Å². The summed E-state index contributed by atoms with van der Waals surface area (Å²) in [5.41, 5.74) is 0.238. The van der Waals surface area contributed by atoms with Crippen molar-refractivity contribution < 1.29 is 9.72 Å². The van der Waals surface area contributed by atoms with Gasteiger partial charge in [-0.2, -0.15) is 0 Å². The van der Waals surface area contributed by atoms with Crippen LogP contribution in [0.15, 0.2) is 22.7 Å². The van der Waals surface area contributed by atoms with Crippen LogP contribution >= 0.6 is 15.9 Å². The van der Waals surface area contributed by atoms with E-state index in [9.17, 15) is 14.9 Å². The number of nitro groups is 1. The second kappa shape index (κ2) is 5.73. The van der Waals surface area contributed by atoms with Crippen LogP contribution in [0.1, 0.15) is 36.0 Å². The smallest absolute Gasteiger partial charge is 0.271 e. The predicted molar refractivity (Wildman–Crippen MR) is 81.2 cm³/mol. The number of piperidine rings is 1. The highest BCUT2D eigenvalue weighted by atomic mass is 79.9. The van der Waals surface area contributed by atoms with E-state index in [1.165, 1.54) is 25.0 Å². The zero-order chi connectivity index (χ0) is 15.0. The van der Waals surface area contributed by atoms with Gasteiger partial charge >= 0.3 is 0 Å². The molecule has 3 rings (SSSR count). The standard InChI is InChI=1S/C14H16BrN3O3/c15-9-3-8(4-13(5-9)18(20)21)14(19)17-12-6-10-1-2-11(7-12)16-10/h3-5,10-12,16H,1-2,6-7H2,(H,17,19). The van der Waals surface area contributed by atoms with Crippen LogP contribution in [0.25, 0.3) is 0 Å². The molecular weight excluding hydrogens is 338 g/mol. The minimum absolute atomic E-state index is 0.0834. The maximum atomic E-state index is 12.3. The summed E-state index contributed by atoms with van der Waals surface area (Å²) in [6, 6.07) is 5.45. The summed E-state index contributed by atoms with van der Waals surface area (Å²) in [7, 11) is 0. The van der Waals surface area contributed by atoms with Gasteiger partial charge in [-0.05, 0) is 31.7 Å². The molecule has 21 heavy (non-hydrogen) atoms. The first-order valence-corrected chi connectivity index (χ1v) is 7.82. The Morgan fingerprint density at radius 1 is 1.29 bits per heavy atom. The molecule has 2 N–H and O–H groups in total. The van der Waals surface area contributed by atoms with Crippen LogP contribution < -0.4 is 10.6 Å². The SMILES string of the molecule is O=C(NC1CC2CCC(C1)N2)c1cc(Br)cc([N+](=O)[O-])c1. The van der Waals surface area contributed by atoms with Crippen LogP contribution in [0, 0.1) is 10.1 Å². The summed E-state index contributed by atoms with van der Waals surface area (Å²) in [4.78, 5) is 22.7. The average Bonchev–Trinajstić information content (AvgIpc) is 2.77. The van der Waals surface area contributed by atoms with Crippen molar-refractivity contribution in [2.45, 2.75) is 43.8 Å². The summed E-state index contributed by atoms with van der Waals surface area (Å²) >= 11 is 3.21. The molecule has 0 spiro atoms. The third kappa shape index (κ3) is 3.24. The summed E-state index contributed by atoms with van der Waals surface area (Å²) in [5, 5.41) is 17.4. The van der Waals surface area contributed by atoms with Crippen LogP contribution in [-0.2, 0) is 0 Å². The Morgan fingerprint density at radius 2 is 1.95 bits per heavy atom. The first-order valence-electron chi connectivity index (χ1n) is 7.03. The number of rotatable bonds is 3. The molecule has 2 atom stereocenters. The van der Waals surface area contributed by atoms with Gasteiger partial charge in [-0.3, -0.25) is 14.9 Å². The van der Waals surface area contributed by atoms with Crippen molar-refractivity contribution >= 4 is 27.5 Å². The number of nitro benzene ring substituents is 1. The van der Waals surface area contributed by atoms with Crippen LogP contribution in [0.5, 0.6) is 0 Å². The molecule has 2 fully saturated rings. The van der Waals surface area contributed by atoms with Gasteiger partial charge in [0, 0.05) is 40.3 Å². The number of hydrogen-bond donors (Lipinski definition) is 2. The quantitative estimate of drug-likeness (QED) is 0.645. The molecule has 2 saturated heterocycles. The topological polar surface area (TPSA) is 84.3 Å². The number of hydrogen-bond acceptors (Lipinski definition) is 4. The first kappa shape index (κ1) is 14.5. The monoisotopic (exact) mass is 353 g/mol. The summed E-state index contributed by atoms with van der Waals surface area (Å²) in [6.45, 7) is 0. The third-order valence-electron chi connectivity index (χ3n) is 4.16. The minimum Gasteiger partial charge on any atom is -0.349 e. The predicted octanol–water partition coefficient (Wildman–Crippen LogP) is 2.37. The number of amides is 1. The van der Waals surface area contributed by atoms with E-state index in [2.05, 4.69) is 26.6 Å². The lowest BCUT2D eigenvalue weighted by molar-refractivity contribution is -0.385. The number of benzene rings is 1. The Hall–Kier alpha value is -1.47. The molecule has 2 heterocycles. The molecule has 2 bridgehead atoms. The Bertz CT molecular complexity index is 581. The van der Waals surface area contributed by atoms with Crippen molar-refractivity contribution in [2.75, 3.05) is 0 Å². The van der Waals surface area contributed by atoms with Crippen LogP contribution in [0.2, 0.25) is 0 Å². The molecule has 112 valence electrons. The second-order valence-corrected chi connectivity index (χ2v) is 6.65. The molecule has 1 amide bonds. The van der Waals surface area contributed by atoms with E-state index in [1.807, 2.05) is 0 Å². The molecule has 1 aromatic carbocycles. The molecule has 0 saturated carbocycles. The normalized spacial score (nSPS) is 27.4. The molecule has 0 aromatic heterocycles. The number of carbonyl (C=O) groups is 1. The Morgan fingerprint density at radius 3 is 2.57 bits per heavy atom. The summed E-state index contributed by atoms with van der Waals surface area (Å²) < 4.78 is 0.534. The van der Waals surface area contributed by atoms with Crippen LogP contribution in [0.3, 0.4) is 0 Å². The zero-order valence-corrected chi connectivity index (χ0v) is 12.9. The lowest BCUT2D eigenvalue weighted by Crippen LogP contribution is -2.48. The Balaban J connectivity index is 1.72. The lowest BCUT2D eigenvalue weighted by Gasteiger charge is -2.29. The molecule has 2 aliphatic rings. The van der Waals surface area contributed by atoms with Crippen LogP contribution in [0.4, 0.5) is 5.69 Å². The van der Waals surface area contributed by atoms with Gasteiger partial charge in [0.1, 0.15) is 0 Å². The van der Waals surface area contributed by atoms with Gasteiger partial charge in [0.15, 0.2) is 0 Å². The number of fused-ring (bicyclic) bond motifs is 2. The minimum atomic E-state index is -0.494. The van der Waals surface area contributed by atoms with Crippen molar-refractivity contribution in [3.05, 3.63) is 38.3 Å². The summed E-state index contributed by atoms with van der Waals surface area (Å²) in [6.07, 6.45) is 4.19. The second-order valence-electron chi connectivity index (χ2n) is 5.73. The molecule has 6 nitrogen and oxygen atoms in total. The lowest BCUT2D eigenvalue weighted by atomic mass is 9.99. The Kier molecular flexibility index (Phi) is 3.95. The van der Waals surface area contributed by atoms with E-state index in [0.717, 1.165) is 12.8 Å². The van der Waals surface area contributed by atoms with E-state index in [1.54, 1.807) is 6.07 Å². The molecule has 2 unspecified atom stereocenters. The molecule has 2 aliphatic heterocycles. The third-order valence-corrected chi connectivity index (χ3v) is 4.62. The highest BCUT2D eigenvalue weighted by Crippen LogP contribution is 2.27. The highest BCUT2D eigenvalue weighted by Gasteiger charge is 2.34. The van der Waals surface area contributed by atoms with Crippen LogP contribution in [-0.4, -0.2) is 29.0 Å². The zero-order valence-electron chi connectivity index (χ0n) is 11.3. The van der Waals surface area contributed by atoms with Crippen molar-refractivity contribution in [3.8, 4) is 0 Å². The fourth-order valence-corrected chi connectivity index (χ4v) is 3.74. The maximum absolute atomic E-state index is 12.3. The summed E-state index contributed by atoms with van der Waals surface area (Å²) in [5.74, 6) is -0.245. The maximum Gasteiger partial charge on any atom is 0.271 e. The van der Waals surface area contributed by atoms with E-state index >= 15 is 0 Å². The average molecular weight is 354 g/mol. The van der Waals surface area contributed by atoms with E-state index in [0.29, 0.717) is 22.1 Å². The van der Waals surface area contributed by atoms with Gasteiger partial charge in [-0.25, -0.2) is 0 Å². The van der Waals surface area contributed by atoms with Crippen molar-refractivity contribution in [3.63, 3.8) is 0 Å². The molecule has 0 radical (unpaired) electrons. The Labute approximate surface area is 130 Å².